The zero-order chi connectivity index (χ0) is 25.6. The number of rotatable bonds is 9. The molecule has 0 radical (unpaired) electrons. The van der Waals surface area contributed by atoms with Gasteiger partial charge in [-0.05, 0) is 79.1 Å². The summed E-state index contributed by atoms with van der Waals surface area (Å²) in [5.41, 5.74) is 3.66. The monoisotopic (exact) mass is 491 g/mol. The molecule has 0 saturated heterocycles. The first-order valence-electron chi connectivity index (χ1n) is 11.1. The van der Waals surface area contributed by atoms with Gasteiger partial charge in [0.1, 0.15) is 5.75 Å². The Bertz CT molecular complexity index is 1350. The van der Waals surface area contributed by atoms with E-state index in [-0.39, 0.29) is 23.8 Å². The lowest BCUT2D eigenvalue weighted by Gasteiger charge is -2.26. The molecule has 35 heavy (non-hydrogen) atoms. The fraction of sp³-hybridized carbons (Fsp3) is 0.259. The zero-order valence-electron chi connectivity index (χ0n) is 20.4. The van der Waals surface area contributed by atoms with Crippen molar-refractivity contribution in [2.45, 2.75) is 31.7 Å². The number of hydrogen-bond donors (Lipinski definition) is 0. The maximum Gasteiger partial charge on any atom is 0.264 e. The van der Waals surface area contributed by atoms with E-state index in [1.165, 1.54) is 9.21 Å². The van der Waals surface area contributed by atoms with Crippen molar-refractivity contribution < 1.29 is 17.9 Å². The van der Waals surface area contributed by atoms with Gasteiger partial charge in [-0.25, -0.2) is 8.42 Å². The summed E-state index contributed by atoms with van der Waals surface area (Å²) in [4.78, 5) is 14.6. The minimum absolute atomic E-state index is 0.00938. The molecule has 3 rings (SSSR count). The maximum absolute atomic E-state index is 13.6. The van der Waals surface area contributed by atoms with E-state index in [9.17, 15) is 13.2 Å². The van der Waals surface area contributed by atoms with Crippen LogP contribution in [0.2, 0.25) is 0 Å². The van der Waals surface area contributed by atoms with Gasteiger partial charge in [0.2, 0.25) is 5.91 Å². The highest BCUT2D eigenvalue weighted by molar-refractivity contribution is 7.92. The van der Waals surface area contributed by atoms with Crippen LogP contribution in [0.3, 0.4) is 0 Å². The van der Waals surface area contributed by atoms with Crippen LogP contribution in [0.4, 0.5) is 5.69 Å². The lowest BCUT2D eigenvalue weighted by molar-refractivity contribution is -0.130. The topological polar surface area (TPSA) is 90.7 Å². The van der Waals surface area contributed by atoms with Crippen LogP contribution in [0.5, 0.6) is 5.75 Å². The average Bonchev–Trinajstić information content (AvgIpc) is 2.85. The summed E-state index contributed by atoms with van der Waals surface area (Å²) in [6.07, 6.45) is -0.00938. The van der Waals surface area contributed by atoms with E-state index in [1.807, 2.05) is 19.9 Å². The fourth-order valence-electron chi connectivity index (χ4n) is 3.63. The summed E-state index contributed by atoms with van der Waals surface area (Å²) in [7, 11) is -0.712. The second-order valence-corrected chi connectivity index (χ2v) is 10.2. The van der Waals surface area contributed by atoms with Crippen molar-refractivity contribution in [3.05, 3.63) is 89.0 Å². The molecule has 0 saturated carbocycles. The van der Waals surface area contributed by atoms with Crippen molar-refractivity contribution >= 4 is 21.6 Å². The minimum atomic E-state index is -3.92. The second-order valence-electron chi connectivity index (χ2n) is 8.33. The lowest BCUT2D eigenvalue weighted by Crippen LogP contribution is -2.36. The molecule has 0 heterocycles. The van der Waals surface area contributed by atoms with Gasteiger partial charge in [-0.15, -0.1) is 0 Å². The third-order valence-electron chi connectivity index (χ3n) is 5.86. The summed E-state index contributed by atoms with van der Waals surface area (Å²) < 4.78 is 33.7. The summed E-state index contributed by atoms with van der Waals surface area (Å²) >= 11 is 0. The quantitative estimate of drug-likeness (QED) is 0.442. The number of amides is 1. The van der Waals surface area contributed by atoms with Gasteiger partial charge in [-0.1, -0.05) is 18.2 Å². The molecule has 8 heteroatoms. The molecule has 0 aromatic heterocycles. The van der Waals surface area contributed by atoms with Crippen LogP contribution in [0.15, 0.2) is 71.6 Å². The molecule has 182 valence electrons. The molecule has 0 bridgehead atoms. The third kappa shape index (κ3) is 6.19. The predicted molar refractivity (Wildman–Crippen MR) is 136 cm³/mol. The molecule has 0 spiro atoms. The fourth-order valence-corrected chi connectivity index (χ4v) is 5.18. The number of methoxy groups -OCH3 is 1. The molecular formula is C27H29N3O4S. The Morgan fingerprint density at radius 3 is 2.34 bits per heavy atom. The molecule has 1 amide bonds. The molecule has 7 nitrogen and oxygen atoms in total. The molecular weight excluding hydrogens is 462 g/mol. The van der Waals surface area contributed by atoms with Crippen molar-refractivity contribution in [3.63, 3.8) is 0 Å². The van der Waals surface area contributed by atoms with Gasteiger partial charge in [0, 0.05) is 26.6 Å². The van der Waals surface area contributed by atoms with Gasteiger partial charge >= 0.3 is 0 Å². The van der Waals surface area contributed by atoms with E-state index in [4.69, 9.17) is 10.00 Å². The Morgan fingerprint density at radius 2 is 1.71 bits per heavy atom. The summed E-state index contributed by atoms with van der Waals surface area (Å²) in [5.74, 6) is 0.397. The number of hydrogen-bond acceptors (Lipinski definition) is 5. The summed E-state index contributed by atoms with van der Waals surface area (Å²) in [6, 6.07) is 20.9. The molecule has 0 aliphatic heterocycles. The molecule has 0 aliphatic rings. The van der Waals surface area contributed by atoms with E-state index in [0.29, 0.717) is 23.5 Å². The second kappa shape index (κ2) is 11.1. The third-order valence-corrected chi connectivity index (χ3v) is 7.68. The van der Waals surface area contributed by atoms with E-state index >= 15 is 0 Å². The Balaban J connectivity index is 1.84. The van der Waals surface area contributed by atoms with Crippen molar-refractivity contribution in [2.75, 3.05) is 25.0 Å². The first-order valence-corrected chi connectivity index (χ1v) is 12.6. The summed E-state index contributed by atoms with van der Waals surface area (Å²) in [6.45, 7) is 4.09. The van der Waals surface area contributed by atoms with Crippen LogP contribution in [0.1, 0.15) is 28.7 Å². The van der Waals surface area contributed by atoms with Gasteiger partial charge < -0.3 is 9.64 Å². The largest absolute Gasteiger partial charge is 0.497 e. The van der Waals surface area contributed by atoms with Crippen LogP contribution in [0, 0.1) is 25.2 Å². The number of carbonyl (C=O) groups is 1. The van der Waals surface area contributed by atoms with Crippen LogP contribution in [-0.4, -0.2) is 39.9 Å². The number of benzene rings is 3. The molecule has 0 unspecified atom stereocenters. The van der Waals surface area contributed by atoms with Crippen molar-refractivity contribution in [3.8, 4) is 11.8 Å². The lowest BCUT2D eigenvalue weighted by atomic mass is 10.1. The SMILES string of the molecule is COc1ccc(N(CCC(=O)N(C)Cc2cccc(C#N)c2)S(=O)(=O)c2ccc(C)c(C)c2)cc1. The molecule has 3 aromatic rings. The van der Waals surface area contributed by atoms with E-state index in [2.05, 4.69) is 6.07 Å². The normalized spacial score (nSPS) is 10.9. The number of nitrogens with zero attached hydrogens (tertiary/aromatic N) is 3. The number of carbonyl (C=O) groups excluding carboxylic acids is 1. The van der Waals surface area contributed by atoms with E-state index in [0.717, 1.165) is 16.7 Å². The minimum Gasteiger partial charge on any atom is -0.497 e. The van der Waals surface area contributed by atoms with E-state index in [1.54, 1.807) is 74.8 Å². The molecule has 0 N–H and O–H groups in total. The highest BCUT2D eigenvalue weighted by Gasteiger charge is 2.26. The van der Waals surface area contributed by atoms with Crippen LogP contribution in [0.25, 0.3) is 0 Å². The van der Waals surface area contributed by atoms with Gasteiger partial charge in [-0.2, -0.15) is 5.26 Å². The first-order chi connectivity index (χ1) is 16.6. The molecule has 0 aliphatic carbocycles. The number of anilines is 1. The van der Waals surface area contributed by atoms with Crippen molar-refractivity contribution in [1.29, 1.82) is 5.26 Å². The van der Waals surface area contributed by atoms with Crippen LogP contribution < -0.4 is 9.04 Å². The van der Waals surface area contributed by atoms with Crippen molar-refractivity contribution in [1.82, 2.24) is 4.90 Å². The highest BCUT2D eigenvalue weighted by Crippen LogP contribution is 2.27. The van der Waals surface area contributed by atoms with Crippen molar-refractivity contribution in [2.24, 2.45) is 0 Å². The van der Waals surface area contributed by atoms with E-state index < -0.39 is 10.0 Å². The Kier molecular flexibility index (Phi) is 8.15. The standard InChI is InChI=1S/C27H29N3O4S/c1-20-8-13-26(16-21(20)2)35(32,33)30(24-9-11-25(34-4)12-10-24)15-14-27(31)29(3)19-23-7-5-6-22(17-23)18-28/h5-13,16-17H,14-15,19H2,1-4H3. The number of nitriles is 1. The molecule has 0 atom stereocenters. The Labute approximate surface area is 207 Å². The Hall–Kier alpha value is -3.83. The molecule has 3 aromatic carbocycles. The Morgan fingerprint density at radius 1 is 1.00 bits per heavy atom. The van der Waals surface area contributed by atoms with Gasteiger partial charge in [-0.3, -0.25) is 9.10 Å². The average molecular weight is 492 g/mol. The van der Waals surface area contributed by atoms with Gasteiger partial charge in [0.25, 0.3) is 10.0 Å². The van der Waals surface area contributed by atoms with Crippen LogP contribution >= 0.6 is 0 Å². The smallest absolute Gasteiger partial charge is 0.264 e. The first kappa shape index (κ1) is 25.8. The number of sulfonamides is 1. The highest BCUT2D eigenvalue weighted by atomic mass is 32.2. The zero-order valence-corrected chi connectivity index (χ0v) is 21.2. The molecule has 0 fully saturated rings. The number of aryl methyl sites for hydroxylation is 2. The van der Waals surface area contributed by atoms with Gasteiger partial charge in [0.05, 0.1) is 29.3 Å². The maximum atomic E-state index is 13.6. The van der Waals surface area contributed by atoms with Gasteiger partial charge in [0.15, 0.2) is 0 Å². The summed E-state index contributed by atoms with van der Waals surface area (Å²) in [5, 5.41) is 9.09. The number of ether oxygens (including phenoxy) is 1. The van der Waals surface area contributed by atoms with Crippen LogP contribution in [-0.2, 0) is 21.4 Å². The predicted octanol–water partition coefficient (Wildman–Crippen LogP) is 4.43.